The van der Waals surface area contributed by atoms with Crippen LogP contribution in [0.3, 0.4) is 0 Å². The first-order chi connectivity index (χ1) is 8.13. The molecule has 1 rings (SSSR count). The van der Waals surface area contributed by atoms with Crippen LogP contribution >= 0.6 is 0 Å². The molecule has 0 aliphatic rings. The number of rotatable bonds is 7. The first kappa shape index (κ1) is 13.5. The normalized spacial score (nSPS) is 10.3. The average Bonchev–Trinajstić information content (AvgIpc) is 2.28. The summed E-state index contributed by atoms with van der Waals surface area (Å²) in [6.07, 6.45) is 4.86. The van der Waals surface area contributed by atoms with Gasteiger partial charge in [0.05, 0.1) is 0 Å². The van der Waals surface area contributed by atoms with E-state index in [0.717, 1.165) is 13.0 Å². The second-order valence-electron chi connectivity index (χ2n) is 4.20. The Kier molecular flexibility index (Phi) is 5.45. The van der Waals surface area contributed by atoms with Gasteiger partial charge in [-0.25, -0.2) is 0 Å². The predicted molar refractivity (Wildman–Crippen MR) is 71.2 cm³/mol. The Morgan fingerprint density at radius 2 is 1.88 bits per heavy atom. The minimum Gasteiger partial charge on any atom is -0.368 e. The van der Waals surface area contributed by atoms with E-state index < -0.39 is 0 Å². The van der Waals surface area contributed by atoms with E-state index in [0.29, 0.717) is 11.9 Å². The molecular weight excluding hydrogens is 216 g/mol. The van der Waals surface area contributed by atoms with E-state index in [1.807, 2.05) is 14.1 Å². The van der Waals surface area contributed by atoms with Gasteiger partial charge in [0.25, 0.3) is 0 Å². The van der Waals surface area contributed by atoms with Crippen molar-refractivity contribution in [1.29, 1.82) is 0 Å². The monoisotopic (exact) mass is 238 g/mol. The molecule has 0 radical (unpaired) electrons. The number of nitrogens with two attached hydrogens (primary N) is 1. The van der Waals surface area contributed by atoms with Gasteiger partial charge in [0.1, 0.15) is 0 Å². The highest BCUT2D eigenvalue weighted by molar-refractivity contribution is 5.40. The van der Waals surface area contributed by atoms with Crippen LogP contribution in [0, 0.1) is 0 Å². The number of hydrogen-bond donors (Lipinski definition) is 2. The summed E-state index contributed by atoms with van der Waals surface area (Å²) in [5, 5.41) is 3.17. The summed E-state index contributed by atoms with van der Waals surface area (Å²) < 4.78 is 0. The van der Waals surface area contributed by atoms with E-state index in [1.54, 1.807) is 4.90 Å². The molecule has 0 unspecified atom stereocenters. The Bertz CT molecular complexity index is 339. The Morgan fingerprint density at radius 3 is 2.53 bits per heavy atom. The van der Waals surface area contributed by atoms with Crippen LogP contribution < -0.4 is 16.0 Å². The number of anilines is 3. The maximum absolute atomic E-state index is 5.62. The van der Waals surface area contributed by atoms with Crippen LogP contribution in [0.25, 0.3) is 0 Å². The predicted octanol–water partition coefficient (Wildman–Crippen LogP) is 1.51. The van der Waals surface area contributed by atoms with E-state index in [9.17, 15) is 0 Å². The lowest BCUT2D eigenvalue weighted by molar-refractivity contribution is 0.683. The first-order valence-electron chi connectivity index (χ1n) is 6.06. The zero-order chi connectivity index (χ0) is 12.7. The van der Waals surface area contributed by atoms with Gasteiger partial charge in [-0.2, -0.15) is 15.0 Å². The molecule has 96 valence electrons. The summed E-state index contributed by atoms with van der Waals surface area (Å²) in [4.78, 5) is 14.2. The lowest BCUT2D eigenvalue weighted by atomic mass is 10.2. The van der Waals surface area contributed by atoms with Gasteiger partial charge in [-0.15, -0.1) is 0 Å². The van der Waals surface area contributed by atoms with Crippen LogP contribution in [0.1, 0.15) is 32.6 Å². The molecule has 0 fully saturated rings. The number of unbranched alkanes of at least 4 members (excludes halogenated alkanes) is 3. The Balaban J connectivity index is 2.47. The van der Waals surface area contributed by atoms with Gasteiger partial charge in [-0.05, 0) is 6.42 Å². The fourth-order valence-corrected chi connectivity index (χ4v) is 1.41. The number of nitrogens with one attached hydrogen (secondary N) is 1. The zero-order valence-electron chi connectivity index (χ0n) is 10.9. The SMILES string of the molecule is CCCCCCNc1nc(N)nc(N(C)C)n1. The van der Waals surface area contributed by atoms with E-state index in [-0.39, 0.29) is 5.95 Å². The van der Waals surface area contributed by atoms with Crippen molar-refractivity contribution in [3.63, 3.8) is 0 Å². The number of aromatic nitrogens is 3. The molecule has 0 aliphatic carbocycles. The first-order valence-corrected chi connectivity index (χ1v) is 6.06. The molecule has 6 heteroatoms. The molecule has 0 aromatic carbocycles. The molecule has 1 aromatic rings. The molecule has 17 heavy (non-hydrogen) atoms. The molecule has 3 N–H and O–H groups in total. The summed E-state index contributed by atoms with van der Waals surface area (Å²) in [5.74, 6) is 1.38. The van der Waals surface area contributed by atoms with Crippen LogP contribution in [0.15, 0.2) is 0 Å². The molecule has 0 saturated heterocycles. The molecular formula is C11H22N6. The van der Waals surface area contributed by atoms with E-state index in [2.05, 4.69) is 27.2 Å². The van der Waals surface area contributed by atoms with Crippen molar-refractivity contribution >= 4 is 17.8 Å². The van der Waals surface area contributed by atoms with Crippen LogP contribution in [-0.4, -0.2) is 35.6 Å². The number of hydrogen-bond acceptors (Lipinski definition) is 6. The van der Waals surface area contributed by atoms with E-state index >= 15 is 0 Å². The van der Waals surface area contributed by atoms with Gasteiger partial charge in [-0.1, -0.05) is 26.2 Å². The summed E-state index contributed by atoms with van der Waals surface area (Å²) in [6, 6.07) is 0. The fourth-order valence-electron chi connectivity index (χ4n) is 1.41. The zero-order valence-corrected chi connectivity index (χ0v) is 10.9. The van der Waals surface area contributed by atoms with Crippen molar-refractivity contribution in [3.8, 4) is 0 Å². The quantitative estimate of drug-likeness (QED) is 0.701. The van der Waals surface area contributed by atoms with Crippen molar-refractivity contribution in [2.45, 2.75) is 32.6 Å². The lowest BCUT2D eigenvalue weighted by Crippen LogP contribution is -2.16. The van der Waals surface area contributed by atoms with Crippen molar-refractivity contribution in [2.24, 2.45) is 0 Å². The standard InChI is InChI=1S/C11H22N6/c1-4-5-6-7-8-13-10-14-9(12)15-11(16-10)17(2)3/h4-8H2,1-3H3,(H3,12,13,14,15,16). The third-order valence-electron chi connectivity index (χ3n) is 2.35. The van der Waals surface area contributed by atoms with Gasteiger partial charge in [0, 0.05) is 20.6 Å². The highest BCUT2D eigenvalue weighted by atomic mass is 15.3. The van der Waals surface area contributed by atoms with Gasteiger partial charge < -0.3 is 16.0 Å². The smallest absolute Gasteiger partial charge is 0.231 e. The molecule has 0 aliphatic heterocycles. The van der Waals surface area contributed by atoms with E-state index in [4.69, 9.17) is 5.73 Å². The second-order valence-corrected chi connectivity index (χ2v) is 4.20. The van der Waals surface area contributed by atoms with Crippen LogP contribution in [0.2, 0.25) is 0 Å². The lowest BCUT2D eigenvalue weighted by Gasteiger charge is -2.12. The molecule has 0 saturated carbocycles. The van der Waals surface area contributed by atoms with Gasteiger partial charge in [-0.3, -0.25) is 0 Å². The summed E-state index contributed by atoms with van der Waals surface area (Å²) in [6.45, 7) is 3.07. The van der Waals surface area contributed by atoms with Crippen molar-refractivity contribution in [2.75, 3.05) is 36.6 Å². The minimum absolute atomic E-state index is 0.250. The fraction of sp³-hybridized carbons (Fsp3) is 0.727. The summed E-state index contributed by atoms with van der Waals surface area (Å²) in [5.41, 5.74) is 5.62. The highest BCUT2D eigenvalue weighted by Gasteiger charge is 2.05. The van der Waals surface area contributed by atoms with Crippen molar-refractivity contribution in [3.05, 3.63) is 0 Å². The molecule has 0 atom stereocenters. The Hall–Kier alpha value is -1.59. The van der Waals surface area contributed by atoms with Gasteiger partial charge >= 0.3 is 0 Å². The number of nitrogens with zero attached hydrogens (tertiary/aromatic N) is 4. The van der Waals surface area contributed by atoms with Gasteiger partial charge in [0.15, 0.2) is 0 Å². The average molecular weight is 238 g/mol. The number of nitrogen functional groups attached to an aromatic ring is 1. The summed E-state index contributed by atoms with van der Waals surface area (Å²) >= 11 is 0. The summed E-state index contributed by atoms with van der Waals surface area (Å²) in [7, 11) is 3.75. The van der Waals surface area contributed by atoms with Gasteiger partial charge in [0.2, 0.25) is 17.8 Å². The van der Waals surface area contributed by atoms with Crippen molar-refractivity contribution in [1.82, 2.24) is 15.0 Å². The molecule has 0 spiro atoms. The molecule has 1 aromatic heterocycles. The van der Waals surface area contributed by atoms with Crippen LogP contribution in [0.4, 0.5) is 17.8 Å². The maximum atomic E-state index is 5.62. The molecule has 0 amide bonds. The minimum atomic E-state index is 0.250. The largest absolute Gasteiger partial charge is 0.368 e. The van der Waals surface area contributed by atoms with E-state index in [1.165, 1.54) is 19.3 Å². The Labute approximate surface area is 103 Å². The molecule has 1 heterocycles. The highest BCUT2D eigenvalue weighted by Crippen LogP contribution is 2.09. The second kappa shape index (κ2) is 6.88. The topological polar surface area (TPSA) is 80.0 Å². The third-order valence-corrected chi connectivity index (χ3v) is 2.35. The van der Waals surface area contributed by atoms with Crippen molar-refractivity contribution < 1.29 is 0 Å². The molecule has 0 bridgehead atoms. The third kappa shape index (κ3) is 4.84. The van der Waals surface area contributed by atoms with Crippen LogP contribution in [-0.2, 0) is 0 Å². The maximum Gasteiger partial charge on any atom is 0.231 e. The Morgan fingerprint density at radius 1 is 1.12 bits per heavy atom. The van der Waals surface area contributed by atoms with Crippen LogP contribution in [0.5, 0.6) is 0 Å². The molecule has 6 nitrogen and oxygen atoms in total.